The van der Waals surface area contributed by atoms with Crippen molar-refractivity contribution in [1.29, 1.82) is 0 Å². The van der Waals surface area contributed by atoms with Crippen molar-refractivity contribution < 1.29 is 9.50 Å². The van der Waals surface area contributed by atoms with Crippen molar-refractivity contribution in [3.63, 3.8) is 0 Å². The summed E-state index contributed by atoms with van der Waals surface area (Å²) in [5.74, 6) is 0.362. The van der Waals surface area contributed by atoms with Gasteiger partial charge in [0.2, 0.25) is 0 Å². The van der Waals surface area contributed by atoms with Gasteiger partial charge in [-0.2, -0.15) is 0 Å². The van der Waals surface area contributed by atoms with Crippen LogP contribution in [0.1, 0.15) is 49.4 Å². The first-order valence-corrected chi connectivity index (χ1v) is 13.0. The molecule has 0 spiro atoms. The number of hydrogen-bond donors (Lipinski definition) is 1. The molecule has 1 aliphatic rings. The topological polar surface area (TPSA) is 26.7 Å². The second kappa shape index (κ2) is 12.4. The van der Waals surface area contributed by atoms with E-state index in [1.165, 1.54) is 23.1 Å². The Morgan fingerprint density at radius 3 is 2.26 bits per heavy atom. The number of benzene rings is 3. The molecule has 3 nitrogen and oxygen atoms in total. The normalized spacial score (nSPS) is 19.4. The minimum absolute atomic E-state index is 0.00267. The highest BCUT2D eigenvalue weighted by Gasteiger charge is 2.30. The average Bonchev–Trinajstić information content (AvgIpc) is 2.89. The second-order valence-corrected chi connectivity index (χ2v) is 10.2. The van der Waals surface area contributed by atoms with E-state index in [2.05, 4.69) is 78.2 Å². The Kier molecular flexibility index (Phi) is 9.08. The zero-order valence-electron chi connectivity index (χ0n) is 21.1. The molecule has 0 aliphatic carbocycles. The molecule has 0 saturated carbocycles. The van der Waals surface area contributed by atoms with Gasteiger partial charge in [-0.1, -0.05) is 72.8 Å². The van der Waals surface area contributed by atoms with Gasteiger partial charge in [0.1, 0.15) is 5.82 Å². The van der Waals surface area contributed by atoms with Crippen molar-refractivity contribution >= 4 is 0 Å². The quantitative estimate of drug-likeness (QED) is 0.385. The van der Waals surface area contributed by atoms with Crippen LogP contribution in [0.3, 0.4) is 0 Å². The van der Waals surface area contributed by atoms with Crippen LogP contribution in [0.15, 0.2) is 84.9 Å². The molecule has 1 aliphatic heterocycles. The molecule has 35 heavy (non-hydrogen) atoms. The molecule has 4 atom stereocenters. The number of aliphatic hydroxyl groups is 1. The molecule has 0 bridgehead atoms. The van der Waals surface area contributed by atoms with Crippen molar-refractivity contribution in [3.8, 4) is 0 Å². The summed E-state index contributed by atoms with van der Waals surface area (Å²) in [5, 5.41) is 11.4. The van der Waals surface area contributed by atoms with Crippen molar-refractivity contribution in [3.05, 3.63) is 107 Å². The highest BCUT2D eigenvalue weighted by Crippen LogP contribution is 2.27. The Hall–Kier alpha value is -2.53. The van der Waals surface area contributed by atoms with Crippen molar-refractivity contribution in [2.45, 2.75) is 57.8 Å². The van der Waals surface area contributed by atoms with E-state index in [4.69, 9.17) is 0 Å². The minimum Gasteiger partial charge on any atom is -0.390 e. The molecule has 3 aromatic carbocycles. The summed E-state index contributed by atoms with van der Waals surface area (Å²) in [7, 11) is 0. The first-order chi connectivity index (χ1) is 17.0. The van der Waals surface area contributed by atoms with Crippen molar-refractivity contribution in [1.82, 2.24) is 9.80 Å². The van der Waals surface area contributed by atoms with Crippen LogP contribution < -0.4 is 0 Å². The van der Waals surface area contributed by atoms with Crippen LogP contribution in [0.2, 0.25) is 0 Å². The van der Waals surface area contributed by atoms with Gasteiger partial charge in [0.05, 0.1) is 6.10 Å². The average molecular weight is 475 g/mol. The first kappa shape index (κ1) is 25.6. The van der Waals surface area contributed by atoms with E-state index in [1.807, 2.05) is 18.2 Å². The van der Waals surface area contributed by atoms with Gasteiger partial charge in [0.15, 0.2) is 0 Å². The van der Waals surface area contributed by atoms with E-state index < -0.39 is 6.10 Å². The third kappa shape index (κ3) is 7.23. The smallest absolute Gasteiger partial charge is 0.123 e. The fourth-order valence-corrected chi connectivity index (χ4v) is 5.43. The molecule has 1 heterocycles. The molecule has 1 fully saturated rings. The third-order valence-corrected chi connectivity index (χ3v) is 7.55. The highest BCUT2D eigenvalue weighted by molar-refractivity contribution is 5.21. The van der Waals surface area contributed by atoms with Crippen LogP contribution in [-0.4, -0.2) is 46.7 Å². The largest absolute Gasteiger partial charge is 0.390 e. The maximum atomic E-state index is 13.3. The second-order valence-electron chi connectivity index (χ2n) is 10.2. The van der Waals surface area contributed by atoms with Crippen LogP contribution in [0.4, 0.5) is 4.39 Å². The Bertz CT molecular complexity index is 1010. The lowest BCUT2D eigenvalue weighted by Crippen LogP contribution is -2.49. The van der Waals surface area contributed by atoms with Gasteiger partial charge in [0, 0.05) is 31.7 Å². The monoisotopic (exact) mass is 474 g/mol. The number of piperidine rings is 1. The van der Waals surface area contributed by atoms with E-state index in [0.29, 0.717) is 12.5 Å². The van der Waals surface area contributed by atoms with Crippen molar-refractivity contribution in [2.24, 2.45) is 5.92 Å². The molecule has 4 unspecified atom stereocenters. The van der Waals surface area contributed by atoms with Gasteiger partial charge >= 0.3 is 0 Å². The highest BCUT2D eigenvalue weighted by atomic mass is 19.1. The molecular formula is C31H39FN2O. The Labute approximate surface area is 210 Å². The van der Waals surface area contributed by atoms with Crippen molar-refractivity contribution in [2.75, 3.05) is 19.6 Å². The molecule has 3 aromatic rings. The number of aliphatic hydroxyl groups excluding tert-OH is 1. The van der Waals surface area contributed by atoms with Crippen LogP contribution in [0, 0.1) is 11.7 Å². The van der Waals surface area contributed by atoms with Gasteiger partial charge in [-0.25, -0.2) is 4.39 Å². The van der Waals surface area contributed by atoms with E-state index in [1.54, 1.807) is 12.1 Å². The zero-order chi connectivity index (χ0) is 24.6. The van der Waals surface area contributed by atoms with Crippen LogP contribution in [-0.2, 0) is 13.0 Å². The molecule has 0 radical (unpaired) electrons. The maximum absolute atomic E-state index is 13.3. The Morgan fingerprint density at radius 2 is 1.57 bits per heavy atom. The summed E-state index contributed by atoms with van der Waals surface area (Å²) in [4.78, 5) is 4.85. The summed E-state index contributed by atoms with van der Waals surface area (Å²) in [6.45, 7) is 7.87. The molecular weight excluding hydrogens is 435 g/mol. The molecule has 0 aromatic heterocycles. The zero-order valence-corrected chi connectivity index (χ0v) is 21.1. The molecule has 186 valence electrons. The fourth-order valence-electron chi connectivity index (χ4n) is 5.43. The summed E-state index contributed by atoms with van der Waals surface area (Å²) < 4.78 is 13.3. The SMILES string of the molecule is CC(c1ccccc1)N(Cc1ccccc1)C(C)C(O)CN1CCCC(Cc2ccc(F)cc2)C1. The summed E-state index contributed by atoms with van der Waals surface area (Å²) in [6.07, 6.45) is 2.84. The van der Waals surface area contributed by atoms with E-state index in [0.717, 1.165) is 32.5 Å². The number of nitrogens with zero attached hydrogens (tertiary/aromatic N) is 2. The van der Waals surface area contributed by atoms with E-state index in [-0.39, 0.29) is 17.9 Å². The molecule has 1 N–H and O–H groups in total. The first-order valence-electron chi connectivity index (χ1n) is 13.0. The minimum atomic E-state index is -0.450. The van der Waals surface area contributed by atoms with Gasteiger partial charge in [-0.3, -0.25) is 4.90 Å². The van der Waals surface area contributed by atoms with Crippen LogP contribution in [0.25, 0.3) is 0 Å². The molecule has 0 amide bonds. The summed E-state index contributed by atoms with van der Waals surface area (Å²) >= 11 is 0. The number of likely N-dealkylation sites (tertiary alicyclic amines) is 1. The number of hydrogen-bond acceptors (Lipinski definition) is 3. The predicted octanol–water partition coefficient (Wildman–Crippen LogP) is 6.09. The third-order valence-electron chi connectivity index (χ3n) is 7.55. The van der Waals surface area contributed by atoms with Gasteiger partial charge in [-0.05, 0) is 74.4 Å². The Balaban J connectivity index is 1.41. The van der Waals surface area contributed by atoms with Crippen LogP contribution in [0.5, 0.6) is 0 Å². The molecule has 4 heteroatoms. The lowest BCUT2D eigenvalue weighted by atomic mass is 9.91. The molecule has 4 rings (SSSR count). The maximum Gasteiger partial charge on any atom is 0.123 e. The standard InChI is InChI=1S/C31H39FN2O/c1-24(29-13-7-4-8-14-29)34(22-27-10-5-3-6-11-27)25(2)31(35)23-33-19-9-12-28(21-33)20-26-15-17-30(32)18-16-26/h3-8,10-11,13-18,24-25,28,31,35H,9,12,19-23H2,1-2H3. The van der Waals surface area contributed by atoms with Gasteiger partial charge in [-0.15, -0.1) is 0 Å². The van der Waals surface area contributed by atoms with Gasteiger partial charge in [0.25, 0.3) is 0 Å². The Morgan fingerprint density at radius 1 is 0.914 bits per heavy atom. The van der Waals surface area contributed by atoms with E-state index in [9.17, 15) is 9.50 Å². The summed E-state index contributed by atoms with van der Waals surface area (Å²) in [5.41, 5.74) is 3.71. The number of halogens is 1. The fraction of sp³-hybridized carbons (Fsp3) is 0.419. The van der Waals surface area contributed by atoms with Crippen LogP contribution >= 0.6 is 0 Å². The lowest BCUT2D eigenvalue weighted by molar-refractivity contribution is 0.00255. The molecule has 1 saturated heterocycles. The number of rotatable bonds is 10. The predicted molar refractivity (Wildman–Crippen MR) is 142 cm³/mol. The summed E-state index contributed by atoms with van der Waals surface area (Å²) in [6, 6.07) is 28.2. The van der Waals surface area contributed by atoms with E-state index >= 15 is 0 Å². The number of β-amino-alcohol motifs (C(OH)–C–C–N with tert-alkyl or cyclic N) is 1. The lowest BCUT2D eigenvalue weighted by Gasteiger charge is -2.40. The van der Waals surface area contributed by atoms with Gasteiger partial charge < -0.3 is 10.0 Å².